The molecule has 0 radical (unpaired) electrons. The van der Waals surface area contributed by atoms with Crippen LogP contribution in [0.2, 0.25) is 0 Å². The molecule has 11 rings (SSSR count). The molecule has 7 aromatic carbocycles. The first-order valence-corrected chi connectivity index (χ1v) is 17.2. The van der Waals surface area contributed by atoms with Gasteiger partial charge in [-0.15, -0.1) is 11.3 Å². The molecule has 10 aromatic rings. The van der Waals surface area contributed by atoms with Crippen molar-refractivity contribution in [2.75, 3.05) is 0 Å². The highest BCUT2D eigenvalue weighted by atomic mass is 32.1. The van der Waals surface area contributed by atoms with Crippen molar-refractivity contribution in [3.63, 3.8) is 0 Å². The SMILES string of the molecule is c1ccc(-n2c3ccccc3c3cc(-c4ccc5sc6ccc(-c7cc8c9c(cccc9n7)-c7ccccc7-8)cc6c5c4)ccc32)cc1. The quantitative estimate of drug-likeness (QED) is 0.191. The summed E-state index contributed by atoms with van der Waals surface area (Å²) in [7, 11) is 0. The van der Waals surface area contributed by atoms with E-state index in [4.69, 9.17) is 4.98 Å². The second-order valence-electron chi connectivity index (χ2n) is 12.7. The van der Waals surface area contributed by atoms with E-state index < -0.39 is 0 Å². The van der Waals surface area contributed by atoms with E-state index in [9.17, 15) is 0 Å². The number of rotatable bonds is 3. The molecule has 2 nitrogen and oxygen atoms in total. The van der Waals surface area contributed by atoms with Crippen LogP contribution in [0.4, 0.5) is 0 Å². The van der Waals surface area contributed by atoms with E-state index in [-0.39, 0.29) is 0 Å². The van der Waals surface area contributed by atoms with Crippen molar-refractivity contribution >= 4 is 64.2 Å². The zero-order valence-electron chi connectivity index (χ0n) is 25.8. The summed E-state index contributed by atoms with van der Waals surface area (Å²) in [5.41, 5.74) is 14.5. The van der Waals surface area contributed by atoms with Gasteiger partial charge in [0.05, 0.1) is 22.2 Å². The topological polar surface area (TPSA) is 17.8 Å². The minimum absolute atomic E-state index is 1.02. The van der Waals surface area contributed by atoms with E-state index in [0.717, 1.165) is 16.8 Å². The summed E-state index contributed by atoms with van der Waals surface area (Å²) in [5, 5.41) is 6.37. The third-order valence-electron chi connectivity index (χ3n) is 10.1. The van der Waals surface area contributed by atoms with Gasteiger partial charge < -0.3 is 4.57 Å². The van der Waals surface area contributed by atoms with Crippen molar-refractivity contribution in [1.82, 2.24) is 9.55 Å². The number of hydrogen-bond acceptors (Lipinski definition) is 2. The average Bonchev–Trinajstić information content (AvgIpc) is 3.80. The smallest absolute Gasteiger partial charge is 0.0722 e. The standard InChI is InChI=1S/C45H26N2S/c1-2-9-30(10-3-1)47-41-16-7-6-13-33(41)35-23-27(17-20-42(35)47)28-18-21-43-36(24-28)37-25-29(19-22-44(37)48-43)40-26-38-32-12-5-4-11-31(32)34-14-8-15-39(46-40)45(34)38/h1-26H. The summed E-state index contributed by atoms with van der Waals surface area (Å²) < 4.78 is 4.97. The molecule has 3 heteroatoms. The zero-order valence-corrected chi connectivity index (χ0v) is 26.6. The summed E-state index contributed by atoms with van der Waals surface area (Å²) in [6, 6.07) is 57.6. The number of pyridine rings is 1. The highest BCUT2D eigenvalue weighted by molar-refractivity contribution is 7.25. The fourth-order valence-corrected chi connectivity index (χ4v) is 9.02. The van der Waals surface area contributed by atoms with Crippen LogP contribution in [-0.2, 0) is 0 Å². The molecule has 0 saturated heterocycles. The Hall–Kier alpha value is -6.03. The Labute approximate surface area is 280 Å². The van der Waals surface area contributed by atoms with Crippen LogP contribution < -0.4 is 0 Å². The highest BCUT2D eigenvalue weighted by Gasteiger charge is 2.23. The molecule has 0 saturated carbocycles. The molecule has 222 valence electrons. The Kier molecular flexibility index (Phi) is 5.29. The van der Waals surface area contributed by atoms with Gasteiger partial charge in [-0.3, -0.25) is 0 Å². The molecule has 0 atom stereocenters. The molecule has 48 heavy (non-hydrogen) atoms. The molecule has 0 fully saturated rings. The predicted octanol–water partition coefficient (Wildman–Crippen LogP) is 12.7. The second-order valence-corrected chi connectivity index (χ2v) is 13.8. The van der Waals surface area contributed by atoms with Gasteiger partial charge in [-0.1, -0.05) is 91.0 Å². The molecule has 1 aliphatic carbocycles. The fourth-order valence-electron chi connectivity index (χ4n) is 7.95. The lowest BCUT2D eigenvalue weighted by Crippen LogP contribution is -1.92. The Morgan fingerprint density at radius 1 is 0.417 bits per heavy atom. The lowest BCUT2D eigenvalue weighted by Gasteiger charge is -2.08. The average molecular weight is 627 g/mol. The first-order chi connectivity index (χ1) is 23.8. The summed E-state index contributed by atoms with van der Waals surface area (Å²) in [6.45, 7) is 0. The van der Waals surface area contributed by atoms with Crippen LogP contribution in [0.15, 0.2) is 158 Å². The van der Waals surface area contributed by atoms with Crippen LogP contribution >= 0.6 is 11.3 Å². The molecular formula is C45H26N2S. The lowest BCUT2D eigenvalue weighted by atomic mass is 9.99. The van der Waals surface area contributed by atoms with Gasteiger partial charge in [0.1, 0.15) is 0 Å². The van der Waals surface area contributed by atoms with Gasteiger partial charge >= 0.3 is 0 Å². The number of nitrogens with zero attached hydrogens (tertiary/aromatic N) is 2. The largest absolute Gasteiger partial charge is 0.309 e. The molecule has 3 aromatic heterocycles. The van der Waals surface area contributed by atoms with Gasteiger partial charge in [-0.25, -0.2) is 4.98 Å². The van der Waals surface area contributed by atoms with Crippen LogP contribution in [-0.4, -0.2) is 9.55 Å². The van der Waals surface area contributed by atoms with E-state index in [1.54, 1.807) is 0 Å². The third-order valence-corrected chi connectivity index (χ3v) is 11.3. The van der Waals surface area contributed by atoms with Crippen molar-refractivity contribution in [1.29, 1.82) is 0 Å². The van der Waals surface area contributed by atoms with Crippen molar-refractivity contribution in [2.45, 2.75) is 0 Å². The van der Waals surface area contributed by atoms with E-state index in [1.165, 1.54) is 86.4 Å². The molecule has 0 aliphatic heterocycles. The number of benzene rings is 7. The Balaban J connectivity index is 1.07. The lowest BCUT2D eigenvalue weighted by molar-refractivity contribution is 1.18. The predicted molar refractivity (Wildman–Crippen MR) is 204 cm³/mol. The van der Waals surface area contributed by atoms with Gasteiger partial charge in [0.25, 0.3) is 0 Å². The fraction of sp³-hybridized carbons (Fsp3) is 0. The first kappa shape index (κ1) is 26.1. The molecule has 0 N–H and O–H groups in total. The van der Waals surface area contributed by atoms with Gasteiger partial charge in [0.2, 0.25) is 0 Å². The van der Waals surface area contributed by atoms with Crippen molar-refractivity contribution in [2.24, 2.45) is 0 Å². The van der Waals surface area contributed by atoms with Crippen LogP contribution in [0.1, 0.15) is 0 Å². The first-order valence-electron chi connectivity index (χ1n) is 16.4. The minimum atomic E-state index is 1.02. The normalized spacial score (nSPS) is 12.2. The monoisotopic (exact) mass is 626 g/mol. The molecular weight excluding hydrogens is 601 g/mol. The summed E-state index contributed by atoms with van der Waals surface area (Å²) in [6.07, 6.45) is 0. The Morgan fingerprint density at radius 2 is 1.04 bits per heavy atom. The second kappa shape index (κ2) is 9.74. The summed E-state index contributed by atoms with van der Waals surface area (Å²) >= 11 is 1.86. The van der Waals surface area contributed by atoms with Gasteiger partial charge in [0, 0.05) is 47.6 Å². The summed E-state index contributed by atoms with van der Waals surface area (Å²) in [5.74, 6) is 0. The van der Waals surface area contributed by atoms with E-state index in [1.807, 2.05) is 11.3 Å². The third kappa shape index (κ3) is 3.65. The van der Waals surface area contributed by atoms with Crippen LogP contribution in [0.3, 0.4) is 0 Å². The van der Waals surface area contributed by atoms with Gasteiger partial charge in [-0.05, 0) is 100 Å². The van der Waals surface area contributed by atoms with Gasteiger partial charge in [0.15, 0.2) is 0 Å². The number of fused-ring (bicyclic) bond motifs is 9. The molecule has 0 bridgehead atoms. The maximum Gasteiger partial charge on any atom is 0.0722 e. The van der Waals surface area contributed by atoms with Crippen molar-refractivity contribution < 1.29 is 0 Å². The van der Waals surface area contributed by atoms with Gasteiger partial charge in [-0.2, -0.15) is 0 Å². The van der Waals surface area contributed by atoms with Crippen LogP contribution in [0, 0.1) is 0 Å². The number of hydrogen-bond donors (Lipinski definition) is 0. The van der Waals surface area contributed by atoms with E-state index in [0.29, 0.717) is 0 Å². The minimum Gasteiger partial charge on any atom is -0.309 e. The Morgan fingerprint density at radius 3 is 1.88 bits per heavy atom. The van der Waals surface area contributed by atoms with Crippen molar-refractivity contribution in [3.8, 4) is 50.3 Å². The van der Waals surface area contributed by atoms with Crippen molar-refractivity contribution in [3.05, 3.63) is 158 Å². The molecule has 3 heterocycles. The Bertz CT molecular complexity index is 2950. The maximum atomic E-state index is 5.21. The number of aromatic nitrogens is 2. The van der Waals surface area contributed by atoms with E-state index in [2.05, 4.69) is 162 Å². The number of thiophene rings is 1. The number of para-hydroxylation sites is 2. The van der Waals surface area contributed by atoms with E-state index >= 15 is 0 Å². The highest BCUT2D eigenvalue weighted by Crippen LogP contribution is 2.48. The molecule has 1 aliphatic rings. The molecule has 0 unspecified atom stereocenters. The van der Waals surface area contributed by atoms with Crippen LogP contribution in [0.5, 0.6) is 0 Å². The summed E-state index contributed by atoms with van der Waals surface area (Å²) in [4.78, 5) is 5.21. The molecule has 0 amide bonds. The molecule has 0 spiro atoms. The van der Waals surface area contributed by atoms with Crippen LogP contribution in [0.25, 0.3) is 103 Å². The zero-order chi connectivity index (χ0) is 31.3. The maximum absolute atomic E-state index is 5.21.